The summed E-state index contributed by atoms with van der Waals surface area (Å²) in [4.78, 5) is 2.71. The second-order valence-electron chi connectivity index (χ2n) is 4.76. The number of methoxy groups -OCH3 is 1. The van der Waals surface area contributed by atoms with Crippen LogP contribution in [0.3, 0.4) is 0 Å². The molecule has 0 unspecified atom stereocenters. The molecule has 1 aromatic carbocycles. The lowest BCUT2D eigenvalue weighted by molar-refractivity contribution is 0.0660. The first-order valence-electron chi connectivity index (χ1n) is 6.77. The molecule has 0 aromatic heterocycles. The number of benzene rings is 1. The molecular weight excluding hydrogens is 272 g/mol. The van der Waals surface area contributed by atoms with E-state index in [-0.39, 0.29) is 0 Å². The predicted molar refractivity (Wildman–Crippen MR) is 86.0 cm³/mol. The van der Waals surface area contributed by atoms with Gasteiger partial charge in [-0.05, 0) is 25.1 Å². The van der Waals surface area contributed by atoms with Crippen molar-refractivity contribution in [1.82, 2.24) is 4.90 Å². The molecule has 4 nitrogen and oxygen atoms in total. The Morgan fingerprint density at radius 2 is 2.10 bits per heavy atom. The molecule has 1 rings (SSSR count). The first-order chi connectivity index (χ1) is 9.63. The van der Waals surface area contributed by atoms with E-state index in [9.17, 15) is 0 Å². The number of nitrogens with two attached hydrogens (primary N) is 1. The third-order valence-electron chi connectivity index (χ3n) is 2.92. The zero-order chi connectivity index (χ0) is 14.8. The van der Waals surface area contributed by atoms with Gasteiger partial charge in [-0.25, -0.2) is 0 Å². The van der Waals surface area contributed by atoms with E-state index < -0.39 is 0 Å². The SMILES string of the molecule is COCCOCCCN(C)Cc1cccc(C(N)=S)c1. The first-order valence-corrected chi connectivity index (χ1v) is 7.18. The Bertz CT molecular complexity index is 413. The minimum absolute atomic E-state index is 0.445. The monoisotopic (exact) mass is 296 g/mol. The normalized spacial score (nSPS) is 10.9. The van der Waals surface area contributed by atoms with Crippen LogP contribution in [-0.4, -0.2) is 50.4 Å². The van der Waals surface area contributed by atoms with Crippen LogP contribution in [0.2, 0.25) is 0 Å². The van der Waals surface area contributed by atoms with Crippen LogP contribution in [0, 0.1) is 0 Å². The minimum atomic E-state index is 0.445. The molecule has 0 aliphatic heterocycles. The molecule has 20 heavy (non-hydrogen) atoms. The smallest absolute Gasteiger partial charge is 0.103 e. The van der Waals surface area contributed by atoms with E-state index in [0.29, 0.717) is 18.2 Å². The first kappa shape index (κ1) is 17.0. The molecule has 0 fully saturated rings. The summed E-state index contributed by atoms with van der Waals surface area (Å²) in [7, 11) is 3.78. The molecule has 0 radical (unpaired) electrons. The zero-order valence-corrected chi connectivity index (χ0v) is 13.1. The summed E-state index contributed by atoms with van der Waals surface area (Å²) >= 11 is 4.99. The van der Waals surface area contributed by atoms with Crippen LogP contribution in [-0.2, 0) is 16.0 Å². The highest BCUT2D eigenvalue weighted by molar-refractivity contribution is 7.80. The number of hydrogen-bond donors (Lipinski definition) is 1. The lowest BCUT2D eigenvalue weighted by Crippen LogP contribution is -2.21. The fourth-order valence-corrected chi connectivity index (χ4v) is 2.02. The minimum Gasteiger partial charge on any atom is -0.389 e. The van der Waals surface area contributed by atoms with Crippen LogP contribution in [0.25, 0.3) is 0 Å². The van der Waals surface area contributed by atoms with Gasteiger partial charge in [-0.1, -0.05) is 30.4 Å². The zero-order valence-electron chi connectivity index (χ0n) is 12.3. The van der Waals surface area contributed by atoms with E-state index in [1.807, 2.05) is 18.2 Å². The molecule has 112 valence electrons. The molecule has 5 heteroatoms. The second kappa shape index (κ2) is 9.83. The van der Waals surface area contributed by atoms with Gasteiger partial charge in [0.1, 0.15) is 4.99 Å². The van der Waals surface area contributed by atoms with Crippen LogP contribution in [0.4, 0.5) is 0 Å². The van der Waals surface area contributed by atoms with Crippen molar-refractivity contribution in [2.75, 3.05) is 40.5 Å². The fraction of sp³-hybridized carbons (Fsp3) is 0.533. The Labute approximate surface area is 126 Å². The highest BCUT2D eigenvalue weighted by atomic mass is 32.1. The summed E-state index contributed by atoms with van der Waals surface area (Å²) < 4.78 is 10.4. The molecule has 0 aliphatic rings. The quantitative estimate of drug-likeness (QED) is 0.527. The summed E-state index contributed by atoms with van der Waals surface area (Å²) in [6.45, 7) is 3.96. The van der Waals surface area contributed by atoms with E-state index in [1.54, 1.807) is 7.11 Å². The Kier molecular flexibility index (Phi) is 8.37. The van der Waals surface area contributed by atoms with E-state index in [2.05, 4.69) is 18.0 Å². The average molecular weight is 296 g/mol. The summed E-state index contributed by atoms with van der Waals surface area (Å²) in [6, 6.07) is 8.07. The third-order valence-corrected chi connectivity index (χ3v) is 3.16. The van der Waals surface area contributed by atoms with Gasteiger partial charge in [0, 0.05) is 32.4 Å². The van der Waals surface area contributed by atoms with Crippen molar-refractivity contribution < 1.29 is 9.47 Å². The van der Waals surface area contributed by atoms with Crippen LogP contribution in [0.15, 0.2) is 24.3 Å². The number of thiocarbonyl (C=S) groups is 1. The topological polar surface area (TPSA) is 47.7 Å². The fourth-order valence-electron chi connectivity index (χ4n) is 1.89. The number of hydrogen-bond acceptors (Lipinski definition) is 4. The molecule has 0 heterocycles. The van der Waals surface area contributed by atoms with E-state index in [4.69, 9.17) is 27.4 Å². The van der Waals surface area contributed by atoms with Gasteiger partial charge >= 0.3 is 0 Å². The van der Waals surface area contributed by atoms with Crippen LogP contribution in [0.1, 0.15) is 17.5 Å². The van der Waals surface area contributed by atoms with E-state index >= 15 is 0 Å². The summed E-state index contributed by atoms with van der Waals surface area (Å²) in [6.07, 6.45) is 1.01. The van der Waals surface area contributed by atoms with Gasteiger partial charge in [-0.15, -0.1) is 0 Å². The molecule has 0 atom stereocenters. The van der Waals surface area contributed by atoms with Gasteiger partial charge in [0.2, 0.25) is 0 Å². The number of nitrogens with zero attached hydrogens (tertiary/aromatic N) is 1. The van der Waals surface area contributed by atoms with Gasteiger partial charge < -0.3 is 20.1 Å². The van der Waals surface area contributed by atoms with Crippen molar-refractivity contribution in [3.63, 3.8) is 0 Å². The maximum absolute atomic E-state index is 5.64. The molecule has 0 saturated carbocycles. The van der Waals surface area contributed by atoms with Gasteiger partial charge in [0.25, 0.3) is 0 Å². The van der Waals surface area contributed by atoms with Crippen molar-refractivity contribution in [2.24, 2.45) is 5.73 Å². The van der Waals surface area contributed by atoms with E-state index in [1.165, 1.54) is 5.56 Å². The molecular formula is C15H24N2O2S. The molecule has 0 spiro atoms. The van der Waals surface area contributed by atoms with Crippen molar-refractivity contribution in [1.29, 1.82) is 0 Å². The summed E-state index contributed by atoms with van der Waals surface area (Å²) in [5.41, 5.74) is 7.79. The maximum Gasteiger partial charge on any atom is 0.103 e. The third kappa shape index (κ3) is 6.96. The van der Waals surface area contributed by atoms with Crippen molar-refractivity contribution in [2.45, 2.75) is 13.0 Å². The lowest BCUT2D eigenvalue weighted by atomic mass is 10.1. The molecule has 0 amide bonds. The molecule has 0 saturated heterocycles. The molecule has 2 N–H and O–H groups in total. The molecule has 1 aromatic rings. The predicted octanol–water partition coefficient (Wildman–Crippen LogP) is 1.81. The van der Waals surface area contributed by atoms with Gasteiger partial charge in [-0.3, -0.25) is 0 Å². The Morgan fingerprint density at radius 1 is 1.30 bits per heavy atom. The Morgan fingerprint density at radius 3 is 2.80 bits per heavy atom. The average Bonchev–Trinajstić information content (AvgIpc) is 2.43. The van der Waals surface area contributed by atoms with Crippen LogP contribution >= 0.6 is 12.2 Å². The number of ether oxygens (including phenoxy) is 2. The van der Waals surface area contributed by atoms with Gasteiger partial charge in [-0.2, -0.15) is 0 Å². The summed E-state index contributed by atoms with van der Waals surface area (Å²) in [5, 5.41) is 0. The van der Waals surface area contributed by atoms with Crippen molar-refractivity contribution in [3.05, 3.63) is 35.4 Å². The highest BCUT2D eigenvalue weighted by Crippen LogP contribution is 2.08. The van der Waals surface area contributed by atoms with Crippen LogP contribution < -0.4 is 5.73 Å². The number of rotatable bonds is 10. The largest absolute Gasteiger partial charge is 0.389 e. The van der Waals surface area contributed by atoms with Gasteiger partial charge in [0.05, 0.1) is 13.2 Å². The van der Waals surface area contributed by atoms with Crippen molar-refractivity contribution in [3.8, 4) is 0 Å². The summed E-state index contributed by atoms with van der Waals surface area (Å²) in [5.74, 6) is 0. The van der Waals surface area contributed by atoms with Crippen molar-refractivity contribution >= 4 is 17.2 Å². The molecule has 0 bridgehead atoms. The standard InChI is InChI=1S/C15H24N2O2S/c1-17(7-4-8-19-10-9-18-2)12-13-5-3-6-14(11-13)15(16)20/h3,5-6,11H,4,7-10,12H2,1-2H3,(H2,16,20). The highest BCUT2D eigenvalue weighted by Gasteiger charge is 2.02. The Hall–Kier alpha value is -1.01. The lowest BCUT2D eigenvalue weighted by Gasteiger charge is -2.17. The van der Waals surface area contributed by atoms with Gasteiger partial charge in [0.15, 0.2) is 0 Å². The van der Waals surface area contributed by atoms with Crippen LogP contribution in [0.5, 0.6) is 0 Å². The second-order valence-corrected chi connectivity index (χ2v) is 5.20. The molecule has 0 aliphatic carbocycles. The Balaban J connectivity index is 2.26. The maximum atomic E-state index is 5.64. The van der Waals surface area contributed by atoms with E-state index in [0.717, 1.165) is 31.7 Å².